The van der Waals surface area contributed by atoms with Crippen molar-refractivity contribution in [1.29, 1.82) is 0 Å². The summed E-state index contributed by atoms with van der Waals surface area (Å²) in [6.07, 6.45) is 2.80. The van der Waals surface area contributed by atoms with E-state index in [4.69, 9.17) is 11.6 Å². The van der Waals surface area contributed by atoms with Gasteiger partial charge in [0.25, 0.3) is 5.91 Å². The zero-order valence-corrected chi connectivity index (χ0v) is 12.5. The summed E-state index contributed by atoms with van der Waals surface area (Å²) in [5.74, 6) is -0.272. The summed E-state index contributed by atoms with van der Waals surface area (Å²) in [6.45, 7) is 6.05. The normalized spacial score (nSPS) is 12.2. The molecule has 0 aromatic carbocycles. The van der Waals surface area contributed by atoms with Crippen molar-refractivity contribution in [2.75, 3.05) is 0 Å². The molecule has 0 bridgehead atoms. The lowest BCUT2D eigenvalue weighted by Crippen LogP contribution is -2.27. The topological polar surface area (TPSA) is 54.9 Å². The molecule has 0 saturated heterocycles. The quantitative estimate of drug-likeness (QED) is 0.945. The number of carbonyl (C=O) groups is 1. The third kappa shape index (κ3) is 3.30. The number of carbonyl (C=O) groups excluding carboxylic acids is 1. The van der Waals surface area contributed by atoms with Crippen molar-refractivity contribution in [3.63, 3.8) is 0 Å². The highest BCUT2D eigenvalue weighted by molar-refractivity contribution is 7.12. The monoisotopic (exact) mass is 295 g/mol. The van der Waals surface area contributed by atoms with E-state index in [2.05, 4.69) is 35.2 Å². The summed E-state index contributed by atoms with van der Waals surface area (Å²) < 4.78 is 0. The molecule has 0 aliphatic rings. The van der Waals surface area contributed by atoms with Gasteiger partial charge in [-0.2, -0.15) is 0 Å². The first-order valence-corrected chi connectivity index (χ1v) is 7.02. The highest BCUT2D eigenvalue weighted by atomic mass is 35.5. The van der Waals surface area contributed by atoms with E-state index >= 15 is 0 Å². The number of rotatable bonds is 3. The summed E-state index contributed by atoms with van der Waals surface area (Å²) >= 11 is 7.44. The van der Waals surface area contributed by atoms with Gasteiger partial charge < -0.3 is 5.32 Å². The molecule has 0 spiro atoms. The SMILES string of the molecule is Cc1cc(C(C)NC(=O)c2cncc(Cl)n2)c(C)s1. The Hall–Kier alpha value is -1.46. The number of amides is 1. The fraction of sp³-hybridized carbons (Fsp3) is 0.308. The number of nitrogens with zero attached hydrogens (tertiary/aromatic N) is 2. The van der Waals surface area contributed by atoms with E-state index in [1.807, 2.05) is 6.92 Å². The van der Waals surface area contributed by atoms with Crippen LogP contribution in [-0.2, 0) is 0 Å². The molecule has 2 aromatic rings. The summed E-state index contributed by atoms with van der Waals surface area (Å²) in [4.78, 5) is 22.3. The van der Waals surface area contributed by atoms with E-state index in [-0.39, 0.29) is 22.8 Å². The van der Waals surface area contributed by atoms with Gasteiger partial charge in [0.15, 0.2) is 0 Å². The van der Waals surface area contributed by atoms with E-state index in [9.17, 15) is 4.79 Å². The second kappa shape index (κ2) is 5.67. The summed E-state index contributed by atoms with van der Waals surface area (Å²) in [6, 6.07) is 2.02. The molecule has 1 N–H and O–H groups in total. The first-order chi connectivity index (χ1) is 8.97. The van der Waals surface area contributed by atoms with E-state index in [0.29, 0.717) is 0 Å². The Morgan fingerprint density at radius 3 is 2.74 bits per heavy atom. The van der Waals surface area contributed by atoms with Crippen molar-refractivity contribution in [2.45, 2.75) is 26.8 Å². The van der Waals surface area contributed by atoms with Gasteiger partial charge in [-0.1, -0.05) is 11.6 Å². The average molecular weight is 296 g/mol. The maximum absolute atomic E-state index is 12.0. The first kappa shape index (κ1) is 14.0. The van der Waals surface area contributed by atoms with Crippen LogP contribution in [0.2, 0.25) is 5.15 Å². The number of nitrogens with one attached hydrogen (secondary N) is 1. The average Bonchev–Trinajstić information content (AvgIpc) is 2.68. The molecule has 1 atom stereocenters. The minimum Gasteiger partial charge on any atom is -0.344 e. The molecule has 2 aromatic heterocycles. The fourth-order valence-corrected chi connectivity index (χ4v) is 3.05. The van der Waals surface area contributed by atoms with Crippen molar-refractivity contribution in [2.24, 2.45) is 0 Å². The van der Waals surface area contributed by atoms with E-state index < -0.39 is 0 Å². The zero-order valence-electron chi connectivity index (χ0n) is 10.9. The molecule has 0 radical (unpaired) electrons. The second-order valence-electron chi connectivity index (χ2n) is 4.29. The molecule has 2 rings (SSSR count). The van der Waals surface area contributed by atoms with Crippen LogP contribution < -0.4 is 5.32 Å². The molecule has 0 aliphatic carbocycles. The van der Waals surface area contributed by atoms with Crippen LogP contribution in [0.5, 0.6) is 0 Å². The number of halogens is 1. The molecule has 0 aliphatic heterocycles. The Morgan fingerprint density at radius 1 is 1.42 bits per heavy atom. The molecule has 0 fully saturated rings. The van der Waals surface area contributed by atoms with Crippen molar-refractivity contribution in [3.8, 4) is 0 Å². The molecular weight excluding hydrogens is 282 g/mol. The molecule has 100 valence electrons. The Labute approximate surface area is 120 Å². The highest BCUT2D eigenvalue weighted by Gasteiger charge is 2.16. The molecule has 1 amide bonds. The van der Waals surface area contributed by atoms with Crippen molar-refractivity contribution < 1.29 is 4.79 Å². The fourth-order valence-electron chi connectivity index (χ4n) is 1.88. The van der Waals surface area contributed by atoms with Gasteiger partial charge in [-0.15, -0.1) is 11.3 Å². The molecular formula is C13H14ClN3OS. The van der Waals surface area contributed by atoms with Gasteiger partial charge >= 0.3 is 0 Å². The number of thiophene rings is 1. The molecule has 0 saturated carbocycles. The minimum absolute atomic E-state index is 0.0711. The smallest absolute Gasteiger partial charge is 0.272 e. The molecule has 2 heterocycles. The van der Waals surface area contributed by atoms with Crippen LogP contribution in [0.3, 0.4) is 0 Å². The number of aryl methyl sites for hydroxylation is 2. The van der Waals surface area contributed by atoms with Crippen LogP contribution in [0.25, 0.3) is 0 Å². The van der Waals surface area contributed by atoms with Gasteiger partial charge in [-0.3, -0.25) is 9.78 Å². The summed E-state index contributed by atoms with van der Waals surface area (Å²) in [7, 11) is 0. The predicted octanol–water partition coefficient (Wildman–Crippen LogP) is 3.30. The zero-order chi connectivity index (χ0) is 14.0. The maximum atomic E-state index is 12.0. The Bertz CT molecular complexity index is 612. The molecule has 1 unspecified atom stereocenters. The minimum atomic E-state index is -0.272. The predicted molar refractivity (Wildman–Crippen MR) is 76.7 cm³/mol. The van der Waals surface area contributed by atoms with Crippen molar-refractivity contribution >= 4 is 28.8 Å². The molecule has 4 nitrogen and oxygen atoms in total. The summed E-state index contributed by atoms with van der Waals surface area (Å²) in [5.41, 5.74) is 1.36. The molecule has 19 heavy (non-hydrogen) atoms. The number of hydrogen-bond acceptors (Lipinski definition) is 4. The van der Waals surface area contributed by atoms with E-state index in [1.165, 1.54) is 22.1 Å². The maximum Gasteiger partial charge on any atom is 0.272 e. The third-order valence-electron chi connectivity index (χ3n) is 2.73. The van der Waals surface area contributed by atoms with Gasteiger partial charge in [0, 0.05) is 9.75 Å². The van der Waals surface area contributed by atoms with Crippen molar-refractivity contribution in [1.82, 2.24) is 15.3 Å². The summed E-state index contributed by atoms with van der Waals surface area (Å²) in [5, 5.41) is 3.11. The lowest BCUT2D eigenvalue weighted by molar-refractivity contribution is 0.0934. The Kier molecular flexibility index (Phi) is 4.17. The largest absolute Gasteiger partial charge is 0.344 e. The third-order valence-corrected chi connectivity index (χ3v) is 3.90. The second-order valence-corrected chi connectivity index (χ2v) is 6.14. The van der Waals surface area contributed by atoms with Gasteiger partial charge in [-0.25, -0.2) is 4.98 Å². The van der Waals surface area contributed by atoms with Gasteiger partial charge in [0.05, 0.1) is 18.4 Å². The van der Waals surface area contributed by atoms with Crippen LogP contribution in [0.1, 0.15) is 38.8 Å². The van der Waals surface area contributed by atoms with Crippen LogP contribution in [-0.4, -0.2) is 15.9 Å². The van der Waals surface area contributed by atoms with Crippen molar-refractivity contribution in [3.05, 3.63) is 44.6 Å². The van der Waals surface area contributed by atoms with Crippen LogP contribution >= 0.6 is 22.9 Å². The Morgan fingerprint density at radius 2 is 2.16 bits per heavy atom. The van der Waals surface area contributed by atoms with E-state index in [1.54, 1.807) is 11.3 Å². The lowest BCUT2D eigenvalue weighted by atomic mass is 10.1. The number of aromatic nitrogens is 2. The standard InChI is InChI=1S/C13H14ClN3OS/c1-7-4-10(9(3)19-7)8(2)16-13(18)11-5-15-6-12(14)17-11/h4-6,8H,1-3H3,(H,16,18). The van der Waals surface area contributed by atoms with Crippen LogP contribution in [0, 0.1) is 13.8 Å². The molecule has 6 heteroatoms. The van der Waals surface area contributed by atoms with Gasteiger partial charge in [0.2, 0.25) is 0 Å². The first-order valence-electron chi connectivity index (χ1n) is 5.82. The van der Waals surface area contributed by atoms with Gasteiger partial charge in [-0.05, 0) is 32.4 Å². The van der Waals surface area contributed by atoms with Crippen LogP contribution in [0.15, 0.2) is 18.5 Å². The van der Waals surface area contributed by atoms with Gasteiger partial charge in [0.1, 0.15) is 10.8 Å². The van der Waals surface area contributed by atoms with E-state index in [0.717, 1.165) is 5.56 Å². The van der Waals surface area contributed by atoms with Crippen LogP contribution in [0.4, 0.5) is 0 Å². The number of hydrogen-bond donors (Lipinski definition) is 1. The highest BCUT2D eigenvalue weighted by Crippen LogP contribution is 2.26. The lowest BCUT2D eigenvalue weighted by Gasteiger charge is -2.13. The Balaban J connectivity index is 2.13.